The lowest BCUT2D eigenvalue weighted by atomic mass is 9.94. The van der Waals surface area contributed by atoms with Gasteiger partial charge in [0.05, 0.1) is 11.8 Å². The molecule has 0 radical (unpaired) electrons. The summed E-state index contributed by atoms with van der Waals surface area (Å²) in [5, 5.41) is 9.23. The molecule has 9 heteroatoms. The Morgan fingerprint density at radius 1 is 1.26 bits per heavy atom. The number of benzene rings is 1. The van der Waals surface area contributed by atoms with Crippen molar-refractivity contribution in [2.75, 3.05) is 36.8 Å². The van der Waals surface area contributed by atoms with Gasteiger partial charge in [0.2, 0.25) is 0 Å². The lowest BCUT2D eigenvalue weighted by Gasteiger charge is -2.41. The maximum Gasteiger partial charge on any atom is 0.150 e. The zero-order valence-electron chi connectivity index (χ0n) is 17.0. The summed E-state index contributed by atoms with van der Waals surface area (Å²) in [5.74, 6) is 1.27. The minimum Gasteiger partial charge on any atom is -0.398 e. The quantitative estimate of drug-likeness (QED) is 0.566. The van der Waals surface area contributed by atoms with Crippen LogP contribution < -0.4 is 10.6 Å². The molecule has 1 aromatic carbocycles. The van der Waals surface area contributed by atoms with Crippen LogP contribution in [0.4, 0.5) is 15.9 Å². The molecule has 0 bridgehead atoms. The summed E-state index contributed by atoms with van der Waals surface area (Å²) in [4.78, 5) is 17.7. The van der Waals surface area contributed by atoms with Crippen molar-refractivity contribution < 1.29 is 4.39 Å². The number of piperidine rings is 1. The predicted molar refractivity (Wildman–Crippen MR) is 119 cm³/mol. The Morgan fingerprint density at radius 3 is 2.68 bits per heavy atom. The van der Waals surface area contributed by atoms with Crippen molar-refractivity contribution in [3.63, 3.8) is 0 Å². The number of halogens is 2. The first-order chi connectivity index (χ1) is 15.0. The Bertz CT molecular complexity index is 1050. The minimum absolute atomic E-state index is 0.103. The van der Waals surface area contributed by atoms with Gasteiger partial charge in [0.15, 0.2) is 5.82 Å². The first-order valence-electron chi connectivity index (χ1n) is 10.1. The number of hydrogen-bond acceptors (Lipinski definition) is 7. The van der Waals surface area contributed by atoms with Gasteiger partial charge in [0.25, 0.3) is 0 Å². The second kappa shape index (κ2) is 8.90. The Kier molecular flexibility index (Phi) is 6.05. The van der Waals surface area contributed by atoms with Crippen LogP contribution in [0, 0.1) is 23.1 Å². The fraction of sp³-hybridized carbons (Fsp3) is 0.364. The van der Waals surface area contributed by atoms with Crippen molar-refractivity contribution in [1.29, 1.82) is 5.26 Å². The maximum absolute atomic E-state index is 13.5. The highest BCUT2D eigenvalue weighted by Crippen LogP contribution is 2.34. The standard InChI is InChI=1S/C22H23ClFN7/c1-14(29-21(23)18-10-17(24)2-3-19(18)26)31-12-16(13-31)20-22(28-7-6-27-20)30-8-4-15(11-25)5-9-30/h2-3,6-7,10,15-16H,1,4-5,8-9,12-13,26H2. The molecule has 4 rings (SSSR count). The molecule has 2 aliphatic heterocycles. The monoisotopic (exact) mass is 439 g/mol. The lowest BCUT2D eigenvalue weighted by Crippen LogP contribution is -2.45. The van der Waals surface area contributed by atoms with Crippen molar-refractivity contribution in [1.82, 2.24) is 14.9 Å². The van der Waals surface area contributed by atoms with Gasteiger partial charge in [-0.1, -0.05) is 18.2 Å². The number of aliphatic imine (C=N–C) groups is 1. The third kappa shape index (κ3) is 4.47. The lowest BCUT2D eigenvalue weighted by molar-refractivity contribution is 0.195. The number of likely N-dealkylation sites (tertiary alicyclic amines) is 1. The van der Waals surface area contributed by atoms with Crippen LogP contribution in [0.15, 0.2) is 48.0 Å². The highest BCUT2D eigenvalue weighted by atomic mass is 35.5. The Balaban J connectivity index is 1.42. The van der Waals surface area contributed by atoms with Crippen molar-refractivity contribution in [2.24, 2.45) is 10.9 Å². The van der Waals surface area contributed by atoms with Crippen LogP contribution >= 0.6 is 11.6 Å². The molecule has 7 nitrogen and oxygen atoms in total. The number of rotatable bonds is 5. The third-order valence-electron chi connectivity index (χ3n) is 5.78. The molecule has 160 valence electrons. The van der Waals surface area contributed by atoms with Gasteiger partial charge >= 0.3 is 0 Å². The van der Waals surface area contributed by atoms with E-state index in [0.29, 0.717) is 30.2 Å². The van der Waals surface area contributed by atoms with E-state index in [1.54, 1.807) is 12.4 Å². The SMILES string of the molecule is C=C(N=C(Cl)c1cc(F)ccc1N)N1CC(c2nccnc2N2CCC(C#N)CC2)C1. The van der Waals surface area contributed by atoms with Crippen LogP contribution in [0.1, 0.15) is 30.0 Å². The van der Waals surface area contributed by atoms with Crippen molar-refractivity contribution >= 4 is 28.3 Å². The van der Waals surface area contributed by atoms with E-state index in [2.05, 4.69) is 32.5 Å². The van der Waals surface area contributed by atoms with Gasteiger partial charge in [-0.2, -0.15) is 5.26 Å². The zero-order chi connectivity index (χ0) is 22.0. The van der Waals surface area contributed by atoms with E-state index in [4.69, 9.17) is 22.6 Å². The van der Waals surface area contributed by atoms with Gasteiger partial charge in [-0.15, -0.1) is 0 Å². The second-order valence-electron chi connectivity index (χ2n) is 7.81. The summed E-state index contributed by atoms with van der Waals surface area (Å²) < 4.78 is 13.5. The minimum atomic E-state index is -0.429. The summed E-state index contributed by atoms with van der Waals surface area (Å²) in [6, 6.07) is 6.35. The fourth-order valence-corrected chi connectivity index (χ4v) is 4.17. The summed E-state index contributed by atoms with van der Waals surface area (Å²) in [6.45, 7) is 6.98. The molecule has 2 N–H and O–H groups in total. The number of hydrogen-bond donors (Lipinski definition) is 1. The number of anilines is 2. The molecule has 0 spiro atoms. The Morgan fingerprint density at radius 2 is 1.97 bits per heavy atom. The molecule has 0 amide bonds. The Labute approximate surface area is 185 Å². The van der Waals surface area contributed by atoms with Crippen LogP contribution in [-0.4, -0.2) is 46.2 Å². The first kappa shape index (κ1) is 21.1. The van der Waals surface area contributed by atoms with E-state index < -0.39 is 5.82 Å². The molecule has 31 heavy (non-hydrogen) atoms. The van der Waals surface area contributed by atoms with E-state index in [1.807, 2.05) is 4.90 Å². The third-order valence-corrected chi connectivity index (χ3v) is 6.07. The highest BCUT2D eigenvalue weighted by Gasteiger charge is 2.34. The number of nitrogen functional groups attached to an aromatic ring is 1. The first-order valence-corrected chi connectivity index (χ1v) is 10.5. The summed E-state index contributed by atoms with van der Waals surface area (Å²) >= 11 is 6.27. The molecule has 1 aromatic heterocycles. The smallest absolute Gasteiger partial charge is 0.150 e. The van der Waals surface area contributed by atoms with Crippen molar-refractivity contribution in [3.05, 3.63) is 60.1 Å². The largest absolute Gasteiger partial charge is 0.398 e. The van der Waals surface area contributed by atoms with Gasteiger partial charge in [0.1, 0.15) is 16.8 Å². The van der Waals surface area contributed by atoms with Crippen molar-refractivity contribution in [3.8, 4) is 6.07 Å². The summed E-state index contributed by atoms with van der Waals surface area (Å²) in [5.41, 5.74) is 7.53. The molecule has 3 heterocycles. The number of nitrogens with two attached hydrogens (primary N) is 1. The van der Waals surface area contributed by atoms with E-state index >= 15 is 0 Å². The molecule has 0 unspecified atom stereocenters. The number of nitrogens with zero attached hydrogens (tertiary/aromatic N) is 6. The molecule has 0 aliphatic carbocycles. The van der Waals surface area contributed by atoms with Crippen LogP contribution in [-0.2, 0) is 0 Å². The molecule has 0 saturated carbocycles. The predicted octanol–water partition coefficient (Wildman–Crippen LogP) is 3.49. The van der Waals surface area contributed by atoms with Crippen molar-refractivity contribution in [2.45, 2.75) is 18.8 Å². The number of aromatic nitrogens is 2. The summed E-state index contributed by atoms with van der Waals surface area (Å²) in [6.07, 6.45) is 5.10. The van der Waals surface area contributed by atoms with E-state index in [-0.39, 0.29) is 17.0 Å². The van der Waals surface area contributed by atoms with Crippen LogP contribution in [0.5, 0.6) is 0 Å². The molecule has 2 aliphatic rings. The van der Waals surface area contributed by atoms with Gasteiger partial charge < -0.3 is 15.5 Å². The van der Waals surface area contributed by atoms with Gasteiger partial charge in [-0.25, -0.2) is 14.4 Å². The molecule has 0 atom stereocenters. The number of nitriles is 1. The second-order valence-corrected chi connectivity index (χ2v) is 8.17. The van der Waals surface area contributed by atoms with Gasteiger partial charge in [0, 0.05) is 61.7 Å². The van der Waals surface area contributed by atoms with Crippen LogP contribution in [0.25, 0.3) is 0 Å². The molecular formula is C22H23ClFN7. The average Bonchev–Trinajstić information content (AvgIpc) is 2.75. The zero-order valence-corrected chi connectivity index (χ0v) is 17.8. The molecule has 2 saturated heterocycles. The van der Waals surface area contributed by atoms with E-state index in [0.717, 1.165) is 37.4 Å². The van der Waals surface area contributed by atoms with Gasteiger partial charge in [-0.05, 0) is 31.0 Å². The molecule has 2 fully saturated rings. The topological polar surface area (TPSA) is 94.4 Å². The van der Waals surface area contributed by atoms with Gasteiger partial charge in [-0.3, -0.25) is 4.98 Å². The Hall–Kier alpha value is -3.18. The van der Waals surface area contributed by atoms with E-state index in [1.165, 1.54) is 18.2 Å². The molecule has 2 aromatic rings. The highest BCUT2D eigenvalue weighted by molar-refractivity contribution is 6.70. The average molecular weight is 440 g/mol. The summed E-state index contributed by atoms with van der Waals surface area (Å²) in [7, 11) is 0. The van der Waals surface area contributed by atoms with E-state index in [9.17, 15) is 4.39 Å². The van der Waals surface area contributed by atoms with Crippen LogP contribution in [0.2, 0.25) is 0 Å². The maximum atomic E-state index is 13.5. The normalized spacial score (nSPS) is 17.9. The van der Waals surface area contributed by atoms with Crippen LogP contribution in [0.3, 0.4) is 0 Å². The fourth-order valence-electron chi connectivity index (χ4n) is 3.91. The molecular weight excluding hydrogens is 417 g/mol.